The van der Waals surface area contributed by atoms with Crippen molar-refractivity contribution in [3.05, 3.63) is 65.7 Å². The molecule has 1 amide bonds. The van der Waals surface area contributed by atoms with Gasteiger partial charge in [-0.2, -0.15) is 4.80 Å². The van der Waals surface area contributed by atoms with Crippen LogP contribution >= 0.6 is 0 Å². The van der Waals surface area contributed by atoms with E-state index >= 15 is 0 Å². The first-order valence-corrected chi connectivity index (χ1v) is 8.88. The maximum absolute atomic E-state index is 12.5. The lowest BCUT2D eigenvalue weighted by Gasteiger charge is -2.18. The van der Waals surface area contributed by atoms with Crippen LogP contribution in [-0.4, -0.2) is 26.1 Å². The molecular formula is C20H21N5O. The van der Waals surface area contributed by atoms with E-state index in [0.29, 0.717) is 11.7 Å². The van der Waals surface area contributed by atoms with Crippen LogP contribution in [0, 0.1) is 12.8 Å². The van der Waals surface area contributed by atoms with Gasteiger partial charge in [-0.1, -0.05) is 60.2 Å². The molecule has 1 aromatic heterocycles. The van der Waals surface area contributed by atoms with E-state index in [9.17, 15) is 4.79 Å². The number of rotatable bonds is 6. The first-order chi connectivity index (χ1) is 12.7. The number of hydrogen-bond acceptors (Lipinski definition) is 4. The van der Waals surface area contributed by atoms with Gasteiger partial charge >= 0.3 is 0 Å². The smallest absolute Gasteiger partial charge is 0.244 e. The molecule has 1 aliphatic carbocycles. The molecule has 26 heavy (non-hydrogen) atoms. The summed E-state index contributed by atoms with van der Waals surface area (Å²) in [6, 6.07) is 18.0. The molecule has 1 aliphatic rings. The first kappa shape index (κ1) is 16.4. The van der Waals surface area contributed by atoms with Gasteiger partial charge in [0.25, 0.3) is 0 Å². The van der Waals surface area contributed by atoms with E-state index in [-0.39, 0.29) is 18.5 Å². The van der Waals surface area contributed by atoms with Crippen molar-refractivity contribution in [3.8, 4) is 11.4 Å². The van der Waals surface area contributed by atoms with Crippen molar-refractivity contribution < 1.29 is 4.79 Å². The highest BCUT2D eigenvalue weighted by atomic mass is 16.2. The fraction of sp³-hybridized carbons (Fsp3) is 0.300. The Morgan fingerprint density at radius 3 is 2.58 bits per heavy atom. The number of nitrogens with one attached hydrogen (secondary N) is 1. The lowest BCUT2D eigenvalue weighted by molar-refractivity contribution is -0.123. The largest absolute Gasteiger partial charge is 0.347 e. The van der Waals surface area contributed by atoms with Crippen molar-refractivity contribution in [2.24, 2.45) is 5.92 Å². The summed E-state index contributed by atoms with van der Waals surface area (Å²) < 4.78 is 0. The number of carbonyl (C=O) groups is 1. The highest BCUT2D eigenvalue weighted by Crippen LogP contribution is 2.41. The monoisotopic (exact) mass is 347 g/mol. The average Bonchev–Trinajstić information content (AvgIpc) is 3.40. The highest BCUT2D eigenvalue weighted by Gasteiger charge is 2.33. The number of tetrazole rings is 1. The summed E-state index contributed by atoms with van der Waals surface area (Å²) in [6.45, 7) is 2.13. The molecule has 1 saturated carbocycles. The van der Waals surface area contributed by atoms with Crippen molar-refractivity contribution in [2.45, 2.75) is 32.4 Å². The summed E-state index contributed by atoms with van der Waals surface area (Å²) in [7, 11) is 0. The molecule has 3 aromatic rings. The van der Waals surface area contributed by atoms with Gasteiger partial charge < -0.3 is 5.32 Å². The van der Waals surface area contributed by atoms with Crippen LogP contribution in [0.15, 0.2) is 54.6 Å². The second-order valence-electron chi connectivity index (χ2n) is 6.80. The standard InChI is InChI=1S/C20H21N5O/c1-14-7-9-15(10-8-14)19(16-11-12-16)21-18(26)13-25-23-20(22-24-25)17-5-3-2-4-6-17/h2-10,16,19H,11-13H2,1H3,(H,21,26)/t19-/m0/s1. The minimum atomic E-state index is -0.0977. The van der Waals surface area contributed by atoms with Crippen LogP contribution in [0.3, 0.4) is 0 Å². The zero-order valence-electron chi connectivity index (χ0n) is 14.7. The van der Waals surface area contributed by atoms with E-state index < -0.39 is 0 Å². The molecule has 6 heteroatoms. The van der Waals surface area contributed by atoms with Gasteiger partial charge in [-0.3, -0.25) is 4.79 Å². The van der Waals surface area contributed by atoms with Crippen LogP contribution in [0.25, 0.3) is 11.4 Å². The molecule has 0 unspecified atom stereocenters. The average molecular weight is 347 g/mol. The number of aromatic nitrogens is 4. The van der Waals surface area contributed by atoms with Gasteiger partial charge in [-0.15, -0.1) is 10.2 Å². The maximum atomic E-state index is 12.5. The van der Waals surface area contributed by atoms with Gasteiger partial charge in [0, 0.05) is 5.56 Å². The van der Waals surface area contributed by atoms with Crippen LogP contribution in [-0.2, 0) is 11.3 Å². The van der Waals surface area contributed by atoms with Gasteiger partial charge in [0.2, 0.25) is 11.7 Å². The number of benzene rings is 2. The van der Waals surface area contributed by atoms with E-state index in [1.165, 1.54) is 10.4 Å². The second kappa shape index (κ2) is 7.07. The predicted molar refractivity (Wildman–Crippen MR) is 98.0 cm³/mol. The summed E-state index contributed by atoms with van der Waals surface area (Å²) >= 11 is 0. The molecule has 1 fully saturated rings. The predicted octanol–water partition coefficient (Wildman–Crippen LogP) is 2.92. The minimum absolute atomic E-state index is 0.0558. The summed E-state index contributed by atoms with van der Waals surface area (Å²) in [6.07, 6.45) is 2.30. The number of hydrogen-bond donors (Lipinski definition) is 1. The summed E-state index contributed by atoms with van der Waals surface area (Å²) in [5.74, 6) is 0.945. The molecule has 0 aliphatic heterocycles. The van der Waals surface area contributed by atoms with Crippen LogP contribution in [0.4, 0.5) is 0 Å². The van der Waals surface area contributed by atoms with Crippen molar-refractivity contribution in [1.82, 2.24) is 25.5 Å². The van der Waals surface area contributed by atoms with E-state index in [1.54, 1.807) is 0 Å². The van der Waals surface area contributed by atoms with Gasteiger partial charge in [0.15, 0.2) is 0 Å². The van der Waals surface area contributed by atoms with Crippen LogP contribution < -0.4 is 5.32 Å². The Labute approximate surface area is 152 Å². The van der Waals surface area contributed by atoms with Crippen molar-refractivity contribution >= 4 is 5.91 Å². The molecule has 0 saturated heterocycles. The number of amides is 1. The quantitative estimate of drug-likeness (QED) is 0.744. The fourth-order valence-corrected chi connectivity index (χ4v) is 3.04. The van der Waals surface area contributed by atoms with E-state index in [0.717, 1.165) is 24.0 Å². The van der Waals surface area contributed by atoms with Gasteiger partial charge in [0.1, 0.15) is 6.54 Å². The summed E-state index contributed by atoms with van der Waals surface area (Å²) in [5, 5.41) is 15.5. The Kier molecular flexibility index (Phi) is 4.48. The molecule has 6 nitrogen and oxygen atoms in total. The van der Waals surface area contributed by atoms with Gasteiger partial charge in [-0.05, 0) is 36.5 Å². The zero-order valence-corrected chi connectivity index (χ0v) is 14.7. The summed E-state index contributed by atoms with van der Waals surface area (Å²) in [4.78, 5) is 13.8. The maximum Gasteiger partial charge on any atom is 0.244 e. The molecule has 1 atom stereocenters. The van der Waals surface area contributed by atoms with Crippen molar-refractivity contribution in [3.63, 3.8) is 0 Å². The first-order valence-electron chi connectivity index (χ1n) is 8.88. The van der Waals surface area contributed by atoms with Crippen LogP contribution in [0.2, 0.25) is 0 Å². The molecule has 0 radical (unpaired) electrons. The molecule has 0 bridgehead atoms. The Morgan fingerprint density at radius 2 is 1.88 bits per heavy atom. The van der Waals surface area contributed by atoms with E-state index in [1.807, 2.05) is 30.3 Å². The molecule has 132 valence electrons. The molecule has 1 N–H and O–H groups in total. The molecule has 4 rings (SSSR count). The second-order valence-corrected chi connectivity index (χ2v) is 6.80. The Bertz CT molecular complexity index is 884. The van der Waals surface area contributed by atoms with Gasteiger partial charge in [-0.25, -0.2) is 0 Å². The van der Waals surface area contributed by atoms with E-state index in [2.05, 4.69) is 51.9 Å². The third-order valence-corrected chi connectivity index (χ3v) is 4.62. The third-order valence-electron chi connectivity index (χ3n) is 4.62. The zero-order chi connectivity index (χ0) is 17.9. The fourth-order valence-electron chi connectivity index (χ4n) is 3.04. The molecule has 1 heterocycles. The van der Waals surface area contributed by atoms with Crippen molar-refractivity contribution in [1.29, 1.82) is 0 Å². The Hall–Kier alpha value is -3.02. The lowest BCUT2D eigenvalue weighted by Crippen LogP contribution is -2.33. The lowest BCUT2D eigenvalue weighted by atomic mass is 10.0. The SMILES string of the molecule is Cc1ccc([C@H](NC(=O)Cn2nnc(-c3ccccc3)n2)C2CC2)cc1. The Balaban J connectivity index is 1.43. The van der Waals surface area contributed by atoms with Crippen LogP contribution in [0.5, 0.6) is 0 Å². The molecule has 2 aromatic carbocycles. The highest BCUT2D eigenvalue weighted by molar-refractivity contribution is 5.76. The number of aryl methyl sites for hydroxylation is 1. The Morgan fingerprint density at radius 1 is 1.15 bits per heavy atom. The van der Waals surface area contributed by atoms with E-state index in [4.69, 9.17) is 0 Å². The molecule has 0 spiro atoms. The number of carbonyl (C=O) groups excluding carboxylic acids is 1. The molecular weight excluding hydrogens is 326 g/mol. The number of nitrogens with zero attached hydrogens (tertiary/aromatic N) is 4. The minimum Gasteiger partial charge on any atom is -0.347 e. The van der Waals surface area contributed by atoms with Crippen molar-refractivity contribution in [2.75, 3.05) is 0 Å². The van der Waals surface area contributed by atoms with Gasteiger partial charge in [0.05, 0.1) is 6.04 Å². The normalized spacial score (nSPS) is 14.8. The summed E-state index contributed by atoms with van der Waals surface area (Å²) in [5.41, 5.74) is 3.26. The third kappa shape index (κ3) is 3.79. The van der Waals surface area contributed by atoms with Crippen LogP contribution in [0.1, 0.15) is 30.0 Å². The topological polar surface area (TPSA) is 72.7 Å².